The van der Waals surface area contributed by atoms with Gasteiger partial charge in [0.15, 0.2) is 0 Å². The van der Waals surface area contributed by atoms with Gasteiger partial charge in [-0.3, -0.25) is 0 Å². The number of hydrogen-bond acceptors (Lipinski definition) is 3. The molecule has 13 rings (SSSR count). The van der Waals surface area contributed by atoms with Crippen LogP contribution in [0.1, 0.15) is 186 Å². The van der Waals surface area contributed by atoms with Crippen LogP contribution in [0.3, 0.4) is 0 Å². The molecule has 0 fully saturated rings. The Morgan fingerprint density at radius 2 is 0.961 bits per heavy atom. The van der Waals surface area contributed by atoms with Crippen LogP contribution in [0.4, 0.5) is 34.1 Å². The summed E-state index contributed by atoms with van der Waals surface area (Å²) in [6.45, 7) is 37.0. The van der Waals surface area contributed by atoms with Gasteiger partial charge in [-0.2, -0.15) is 0 Å². The smallest absolute Gasteiger partial charge is 0.264 e. The lowest BCUT2D eigenvalue weighted by Crippen LogP contribution is -2.60. The first-order chi connectivity index (χ1) is 35.8. The SMILES string of the molecule is Cc1cc2c3c(c1)N(c1ccc4c(c1)C(C)(C)CCC4(C)C)c1c(sc4cc5c(cc14)C(C)(C)CCC5(C)C)B3c1ccc(C(C)(C)c3ccccc3)cc1N2c1cc2c(cc1-c1ccccc1)C(C)(C)CCC2(C)C. The van der Waals surface area contributed by atoms with Crippen LogP contribution < -0.4 is 25.5 Å². The molecule has 386 valence electrons. The molecule has 2 nitrogen and oxygen atoms in total. The first-order valence-electron chi connectivity index (χ1n) is 28.7. The van der Waals surface area contributed by atoms with Crippen molar-refractivity contribution in [1.82, 2.24) is 0 Å². The van der Waals surface area contributed by atoms with Crippen molar-refractivity contribution in [2.75, 3.05) is 9.80 Å². The van der Waals surface area contributed by atoms with Gasteiger partial charge in [0.25, 0.3) is 6.71 Å². The van der Waals surface area contributed by atoms with E-state index in [2.05, 4.69) is 258 Å². The molecule has 76 heavy (non-hydrogen) atoms. The normalized spacial score (nSPS) is 19.8. The Morgan fingerprint density at radius 3 is 1.57 bits per heavy atom. The summed E-state index contributed by atoms with van der Waals surface area (Å²) in [5.74, 6) is 0. The van der Waals surface area contributed by atoms with Crippen molar-refractivity contribution in [2.24, 2.45) is 0 Å². The van der Waals surface area contributed by atoms with Crippen LogP contribution >= 0.6 is 11.3 Å². The lowest BCUT2D eigenvalue weighted by atomic mass is 9.36. The predicted octanol–water partition coefficient (Wildman–Crippen LogP) is 18.3. The van der Waals surface area contributed by atoms with Crippen LogP contribution in [0, 0.1) is 6.92 Å². The molecule has 0 amide bonds. The summed E-state index contributed by atoms with van der Waals surface area (Å²) in [4.78, 5) is 5.51. The van der Waals surface area contributed by atoms with Crippen LogP contribution in [-0.4, -0.2) is 6.71 Å². The summed E-state index contributed by atoms with van der Waals surface area (Å²) in [7, 11) is 0. The molecule has 0 radical (unpaired) electrons. The molecule has 1 aromatic heterocycles. The van der Waals surface area contributed by atoms with Crippen LogP contribution in [0.5, 0.6) is 0 Å². The van der Waals surface area contributed by atoms with E-state index in [0.717, 1.165) is 6.42 Å². The third-order valence-electron chi connectivity index (χ3n) is 20.4. The maximum Gasteiger partial charge on any atom is 0.264 e. The number of fused-ring (bicyclic) bond motifs is 9. The molecule has 0 atom stereocenters. The van der Waals surface area contributed by atoms with Gasteiger partial charge in [-0.25, -0.2) is 0 Å². The molecule has 4 heteroatoms. The van der Waals surface area contributed by atoms with Crippen molar-refractivity contribution in [2.45, 2.75) is 180 Å². The number of aryl methyl sites for hydroxylation is 1. The van der Waals surface area contributed by atoms with Crippen LogP contribution in [0.2, 0.25) is 0 Å². The lowest BCUT2D eigenvalue weighted by Gasteiger charge is -2.46. The molecule has 7 aromatic carbocycles. The van der Waals surface area contributed by atoms with Crippen molar-refractivity contribution in [3.63, 3.8) is 0 Å². The Morgan fingerprint density at radius 1 is 0.447 bits per heavy atom. The maximum atomic E-state index is 2.76. The highest BCUT2D eigenvalue weighted by Gasteiger charge is 2.49. The molecular weight excluding hydrogens is 936 g/mol. The number of rotatable bonds is 5. The molecule has 0 saturated heterocycles. The zero-order valence-electron chi connectivity index (χ0n) is 48.3. The van der Waals surface area contributed by atoms with E-state index in [1.165, 1.54) is 153 Å². The van der Waals surface area contributed by atoms with E-state index in [1.54, 1.807) is 0 Å². The van der Waals surface area contributed by atoms with Gasteiger partial charge in [0.05, 0.1) is 11.4 Å². The molecule has 8 aromatic rings. The number of anilines is 6. The predicted molar refractivity (Wildman–Crippen MR) is 330 cm³/mol. The van der Waals surface area contributed by atoms with Crippen LogP contribution in [-0.2, 0) is 37.9 Å². The fourth-order valence-corrected chi connectivity index (χ4v) is 16.3. The molecule has 3 heterocycles. The highest BCUT2D eigenvalue weighted by Crippen LogP contribution is 2.57. The summed E-state index contributed by atoms with van der Waals surface area (Å²) < 4.78 is 2.86. The summed E-state index contributed by atoms with van der Waals surface area (Å²) in [5, 5.41) is 1.40. The molecule has 0 unspecified atom stereocenters. The summed E-state index contributed by atoms with van der Waals surface area (Å²) >= 11 is 2.07. The van der Waals surface area contributed by atoms with Crippen molar-refractivity contribution in [3.8, 4) is 11.1 Å². The average molecular weight is 1020 g/mol. The van der Waals surface area contributed by atoms with Gasteiger partial charge in [0.2, 0.25) is 0 Å². The molecule has 0 N–H and O–H groups in total. The van der Waals surface area contributed by atoms with Crippen molar-refractivity contribution in [1.29, 1.82) is 0 Å². The van der Waals surface area contributed by atoms with E-state index < -0.39 is 0 Å². The molecule has 0 bridgehead atoms. The highest BCUT2D eigenvalue weighted by atomic mass is 32.1. The first kappa shape index (κ1) is 49.7. The number of thiophene rings is 1. The number of benzene rings is 7. The fraction of sp³-hybridized carbons (Fsp3) is 0.389. The second kappa shape index (κ2) is 16.4. The Labute approximate surface area is 460 Å². The zero-order valence-corrected chi connectivity index (χ0v) is 49.1. The second-order valence-electron chi connectivity index (χ2n) is 28.6. The molecule has 0 saturated carbocycles. The van der Waals surface area contributed by atoms with Crippen molar-refractivity contribution in [3.05, 3.63) is 184 Å². The molecular formula is C72H79BN2S. The van der Waals surface area contributed by atoms with Gasteiger partial charge in [-0.05, 0) is 199 Å². The first-order valence-corrected chi connectivity index (χ1v) is 29.6. The number of nitrogens with zero attached hydrogens (tertiary/aromatic N) is 2. The van der Waals surface area contributed by atoms with E-state index in [9.17, 15) is 0 Å². The second-order valence-corrected chi connectivity index (χ2v) is 29.7. The highest BCUT2D eigenvalue weighted by molar-refractivity contribution is 7.33. The summed E-state index contributed by atoms with van der Waals surface area (Å²) in [6, 6.07) is 53.4. The molecule has 3 aliphatic carbocycles. The third-order valence-corrected chi connectivity index (χ3v) is 21.6. The summed E-state index contributed by atoms with van der Waals surface area (Å²) in [6.07, 6.45) is 7.07. The van der Waals surface area contributed by atoms with E-state index in [0.29, 0.717) is 0 Å². The minimum absolute atomic E-state index is 0.0129. The van der Waals surface area contributed by atoms with E-state index in [4.69, 9.17) is 0 Å². The van der Waals surface area contributed by atoms with E-state index >= 15 is 0 Å². The van der Waals surface area contributed by atoms with Gasteiger partial charge in [-0.1, -0.05) is 176 Å². The molecule has 2 aliphatic heterocycles. The number of hydrogen-bond donors (Lipinski definition) is 0. The Hall–Kier alpha value is -5.84. The monoisotopic (exact) mass is 1010 g/mol. The maximum absolute atomic E-state index is 2.76. The fourth-order valence-electron chi connectivity index (χ4n) is 15.0. The quantitative estimate of drug-likeness (QED) is 0.159. The van der Waals surface area contributed by atoms with Gasteiger partial charge >= 0.3 is 0 Å². The van der Waals surface area contributed by atoms with Crippen LogP contribution in [0.15, 0.2) is 133 Å². The minimum atomic E-state index is -0.246. The minimum Gasteiger partial charge on any atom is -0.311 e. The van der Waals surface area contributed by atoms with Gasteiger partial charge in [0.1, 0.15) is 0 Å². The molecule has 5 aliphatic rings. The topological polar surface area (TPSA) is 6.48 Å². The zero-order chi connectivity index (χ0) is 53.4. The van der Waals surface area contributed by atoms with Gasteiger partial charge in [0, 0.05) is 48.6 Å². The standard InChI is InChI=1S/C72H79BN2S/c1-44-36-60-63-61(37-44)75(58-42-55-53(68(6,7)32-34-70(55,10)11)40-49(58)45-22-18-16-19-23-45)59-38-47(72(14,15)46-24-20-17-21-25-46)26-29-57(59)73(63)65-64(50-41-54-56(43-62(50)76-65)71(12,13)35-33-69(54,8)9)74(60)48-27-28-51-52(39-48)67(4,5)31-30-66(51,2)3/h16-29,36-43H,30-35H2,1-15H3. The van der Waals surface area contributed by atoms with Crippen LogP contribution in [0.25, 0.3) is 21.2 Å². The van der Waals surface area contributed by atoms with Gasteiger partial charge in [-0.15, -0.1) is 11.3 Å². The molecule has 0 spiro atoms. The summed E-state index contributed by atoms with van der Waals surface area (Å²) in [5.41, 5.74) is 26.3. The third kappa shape index (κ3) is 7.31. The lowest BCUT2D eigenvalue weighted by molar-refractivity contribution is 0.332. The Balaban J connectivity index is 1.17. The van der Waals surface area contributed by atoms with E-state index in [1.807, 2.05) is 0 Å². The largest absolute Gasteiger partial charge is 0.311 e. The average Bonchev–Trinajstić information content (AvgIpc) is 3.77. The van der Waals surface area contributed by atoms with Gasteiger partial charge < -0.3 is 9.80 Å². The van der Waals surface area contributed by atoms with Crippen molar-refractivity contribution >= 4 is 78.0 Å². The van der Waals surface area contributed by atoms with E-state index in [-0.39, 0.29) is 44.6 Å². The van der Waals surface area contributed by atoms with Crippen molar-refractivity contribution < 1.29 is 0 Å². The Bertz CT molecular complexity index is 3710. The Kier molecular flexibility index (Phi) is 10.7.